The largest absolute Gasteiger partial charge is 0.457 e. The van der Waals surface area contributed by atoms with E-state index in [1.54, 1.807) is 0 Å². The van der Waals surface area contributed by atoms with E-state index >= 15 is 0 Å². The van der Waals surface area contributed by atoms with Gasteiger partial charge in [-0.05, 0) is 30.9 Å². The van der Waals surface area contributed by atoms with Gasteiger partial charge in [-0.25, -0.2) is 4.79 Å². The van der Waals surface area contributed by atoms with Gasteiger partial charge in [0, 0.05) is 17.7 Å². The van der Waals surface area contributed by atoms with E-state index in [0.29, 0.717) is 12.5 Å². The molecule has 6 nitrogen and oxygen atoms in total. The van der Waals surface area contributed by atoms with Gasteiger partial charge in [0.15, 0.2) is 0 Å². The lowest BCUT2D eigenvalue weighted by molar-refractivity contribution is -0.120. The first-order valence-corrected chi connectivity index (χ1v) is 9.87. The zero-order valence-electron chi connectivity index (χ0n) is 15.7. The fourth-order valence-corrected chi connectivity index (χ4v) is 3.95. The molecule has 6 heteroatoms. The fraction of sp³-hybridized carbons (Fsp3) is 0.364. The standard InChI is InChI=1S/C22H25N3O3/c26-20(14-24-22(27)23-13-15-7-1-2-8-15)25-21-16-9-3-5-11-18(16)28-19-12-6-4-10-17(19)21/h3-6,9-12,15,21H,1-2,7-8,13-14H2,(H,25,26)(H2,23,24,27). The van der Waals surface area contributed by atoms with E-state index in [2.05, 4.69) is 16.0 Å². The van der Waals surface area contributed by atoms with Crippen molar-refractivity contribution in [1.29, 1.82) is 0 Å². The Hall–Kier alpha value is -3.02. The van der Waals surface area contributed by atoms with Gasteiger partial charge in [-0.2, -0.15) is 0 Å². The average Bonchev–Trinajstić information content (AvgIpc) is 3.24. The molecule has 0 atom stereocenters. The van der Waals surface area contributed by atoms with Crippen molar-refractivity contribution >= 4 is 11.9 Å². The van der Waals surface area contributed by atoms with Gasteiger partial charge in [0.25, 0.3) is 0 Å². The lowest BCUT2D eigenvalue weighted by Gasteiger charge is -2.28. The molecule has 146 valence electrons. The number of benzene rings is 2. The van der Waals surface area contributed by atoms with Crippen molar-refractivity contribution in [2.75, 3.05) is 13.1 Å². The number of urea groups is 1. The lowest BCUT2D eigenvalue weighted by atomic mass is 9.94. The van der Waals surface area contributed by atoms with Crippen LogP contribution in [0.25, 0.3) is 0 Å². The molecule has 3 N–H and O–H groups in total. The van der Waals surface area contributed by atoms with Gasteiger partial charge >= 0.3 is 6.03 Å². The van der Waals surface area contributed by atoms with Gasteiger partial charge in [-0.15, -0.1) is 0 Å². The molecule has 0 aromatic heterocycles. The summed E-state index contributed by atoms with van der Waals surface area (Å²) in [5, 5.41) is 8.54. The van der Waals surface area contributed by atoms with Gasteiger partial charge in [0.1, 0.15) is 11.5 Å². The van der Waals surface area contributed by atoms with Crippen LogP contribution in [0, 0.1) is 5.92 Å². The summed E-state index contributed by atoms with van der Waals surface area (Å²) in [4.78, 5) is 24.5. The third kappa shape index (κ3) is 4.11. The maximum absolute atomic E-state index is 12.5. The number of para-hydroxylation sites is 2. The van der Waals surface area contributed by atoms with Crippen LogP contribution < -0.4 is 20.7 Å². The van der Waals surface area contributed by atoms with E-state index in [1.165, 1.54) is 25.7 Å². The molecule has 2 aliphatic rings. The average molecular weight is 379 g/mol. The predicted molar refractivity (Wildman–Crippen MR) is 106 cm³/mol. The maximum Gasteiger partial charge on any atom is 0.315 e. The maximum atomic E-state index is 12.5. The van der Waals surface area contributed by atoms with E-state index in [1.807, 2.05) is 48.5 Å². The van der Waals surface area contributed by atoms with Gasteiger partial charge in [0.2, 0.25) is 5.91 Å². The van der Waals surface area contributed by atoms with E-state index in [-0.39, 0.29) is 24.5 Å². The summed E-state index contributed by atoms with van der Waals surface area (Å²) in [5.41, 5.74) is 1.81. The van der Waals surface area contributed by atoms with Gasteiger partial charge in [0.05, 0.1) is 12.6 Å². The highest BCUT2D eigenvalue weighted by molar-refractivity contribution is 5.84. The molecule has 2 aromatic carbocycles. The molecule has 3 amide bonds. The molecule has 4 rings (SSSR count). The number of nitrogens with one attached hydrogen (secondary N) is 3. The van der Waals surface area contributed by atoms with Crippen LogP contribution in [0.3, 0.4) is 0 Å². The lowest BCUT2D eigenvalue weighted by Crippen LogP contribution is -2.44. The molecule has 28 heavy (non-hydrogen) atoms. The Morgan fingerprint density at radius 3 is 2.14 bits per heavy atom. The first-order valence-electron chi connectivity index (χ1n) is 9.87. The van der Waals surface area contributed by atoms with Crippen LogP contribution in [0.2, 0.25) is 0 Å². The minimum atomic E-state index is -0.308. The van der Waals surface area contributed by atoms with Crippen LogP contribution in [0.4, 0.5) is 4.79 Å². The Morgan fingerprint density at radius 2 is 1.50 bits per heavy atom. The molecular weight excluding hydrogens is 354 g/mol. The smallest absolute Gasteiger partial charge is 0.315 e. The Bertz CT molecular complexity index is 816. The van der Waals surface area contributed by atoms with E-state index in [9.17, 15) is 9.59 Å². The van der Waals surface area contributed by atoms with Crippen LogP contribution in [-0.2, 0) is 4.79 Å². The highest BCUT2D eigenvalue weighted by Crippen LogP contribution is 2.42. The summed E-state index contributed by atoms with van der Waals surface area (Å²) in [6.07, 6.45) is 4.82. The van der Waals surface area contributed by atoms with Crippen molar-refractivity contribution in [1.82, 2.24) is 16.0 Å². The second-order valence-corrected chi connectivity index (χ2v) is 7.39. The summed E-state index contributed by atoms with van der Waals surface area (Å²) in [6, 6.07) is 14.7. The summed E-state index contributed by atoms with van der Waals surface area (Å²) in [7, 11) is 0. The molecule has 0 unspecified atom stereocenters. The normalized spacial score (nSPS) is 15.9. The number of hydrogen-bond donors (Lipinski definition) is 3. The number of amides is 3. The Balaban J connectivity index is 1.36. The highest BCUT2D eigenvalue weighted by atomic mass is 16.5. The van der Waals surface area contributed by atoms with E-state index < -0.39 is 0 Å². The number of hydrogen-bond acceptors (Lipinski definition) is 3. The Labute approximate surface area is 164 Å². The summed E-state index contributed by atoms with van der Waals surface area (Å²) < 4.78 is 5.94. The summed E-state index contributed by atoms with van der Waals surface area (Å²) in [5.74, 6) is 1.78. The molecule has 0 radical (unpaired) electrons. The van der Waals surface area contributed by atoms with Crippen LogP contribution in [0.5, 0.6) is 11.5 Å². The monoisotopic (exact) mass is 379 g/mol. The van der Waals surface area contributed by atoms with Crippen molar-refractivity contribution in [3.05, 3.63) is 59.7 Å². The number of rotatable bonds is 5. The van der Waals surface area contributed by atoms with Crippen LogP contribution in [0.15, 0.2) is 48.5 Å². The third-order valence-corrected chi connectivity index (χ3v) is 5.42. The van der Waals surface area contributed by atoms with Crippen molar-refractivity contribution in [3.63, 3.8) is 0 Å². The van der Waals surface area contributed by atoms with Crippen molar-refractivity contribution < 1.29 is 14.3 Å². The van der Waals surface area contributed by atoms with E-state index in [4.69, 9.17) is 4.74 Å². The number of carbonyl (C=O) groups excluding carboxylic acids is 2. The molecule has 1 fully saturated rings. The minimum absolute atomic E-state index is 0.0712. The molecule has 0 bridgehead atoms. The summed E-state index contributed by atoms with van der Waals surface area (Å²) in [6.45, 7) is 0.604. The second kappa shape index (κ2) is 8.33. The second-order valence-electron chi connectivity index (χ2n) is 7.39. The predicted octanol–water partition coefficient (Wildman–Crippen LogP) is 3.49. The molecule has 1 aliphatic carbocycles. The van der Waals surface area contributed by atoms with Crippen molar-refractivity contribution in [2.45, 2.75) is 31.7 Å². The number of carbonyl (C=O) groups is 2. The van der Waals surface area contributed by atoms with Gasteiger partial charge in [-0.1, -0.05) is 49.2 Å². The molecule has 1 aliphatic heterocycles. The Morgan fingerprint density at radius 1 is 0.893 bits per heavy atom. The topological polar surface area (TPSA) is 79.5 Å². The molecular formula is C22H25N3O3. The molecule has 0 spiro atoms. The highest BCUT2D eigenvalue weighted by Gasteiger charge is 2.28. The minimum Gasteiger partial charge on any atom is -0.457 e. The van der Waals surface area contributed by atoms with Crippen molar-refractivity contribution in [2.24, 2.45) is 5.92 Å². The quantitative estimate of drug-likeness (QED) is 0.744. The van der Waals surface area contributed by atoms with E-state index in [0.717, 1.165) is 22.6 Å². The van der Waals surface area contributed by atoms with Crippen LogP contribution in [0.1, 0.15) is 42.9 Å². The Kier molecular flexibility index (Phi) is 5.46. The summed E-state index contributed by atoms with van der Waals surface area (Å²) >= 11 is 0. The third-order valence-electron chi connectivity index (χ3n) is 5.42. The molecule has 0 saturated heterocycles. The zero-order chi connectivity index (χ0) is 19.3. The number of fused-ring (bicyclic) bond motifs is 2. The van der Waals surface area contributed by atoms with Crippen molar-refractivity contribution in [3.8, 4) is 11.5 Å². The van der Waals surface area contributed by atoms with Gasteiger partial charge < -0.3 is 20.7 Å². The number of ether oxygens (including phenoxy) is 1. The first kappa shape index (κ1) is 18.3. The SMILES string of the molecule is O=C(CNC(=O)NCC1CCCC1)NC1c2ccccc2Oc2ccccc21. The van der Waals surface area contributed by atoms with Crippen LogP contribution >= 0.6 is 0 Å². The molecule has 1 heterocycles. The first-order chi connectivity index (χ1) is 13.7. The molecule has 1 saturated carbocycles. The van der Waals surface area contributed by atoms with Crippen LogP contribution in [-0.4, -0.2) is 25.0 Å². The zero-order valence-corrected chi connectivity index (χ0v) is 15.7. The fourth-order valence-electron chi connectivity index (χ4n) is 3.95. The molecule has 2 aromatic rings. The van der Waals surface area contributed by atoms with Gasteiger partial charge in [-0.3, -0.25) is 4.79 Å².